The molecule has 0 bridgehead atoms. The Morgan fingerprint density at radius 2 is 2.18 bits per heavy atom. The Labute approximate surface area is 133 Å². The van der Waals surface area contributed by atoms with Gasteiger partial charge in [0.15, 0.2) is 0 Å². The number of aliphatic hydroxyl groups is 1. The number of hydrogen-bond donors (Lipinski definition) is 2. The molecule has 1 saturated carbocycles. The van der Waals surface area contributed by atoms with Crippen LogP contribution in [0.15, 0.2) is 24.3 Å². The number of aryl methyl sites for hydroxylation is 1. The van der Waals surface area contributed by atoms with Gasteiger partial charge in [0, 0.05) is 6.54 Å². The molecule has 0 saturated heterocycles. The van der Waals surface area contributed by atoms with Crippen LogP contribution in [0, 0.1) is 6.92 Å². The number of carbonyl (C=O) groups excluding carboxylic acids is 1. The Balaban J connectivity index is 1.77. The Bertz CT molecular complexity index is 709. The quantitative estimate of drug-likeness (QED) is 0.901. The molecule has 0 atom stereocenters. The van der Waals surface area contributed by atoms with Gasteiger partial charge in [-0.15, -0.1) is 5.10 Å². The van der Waals surface area contributed by atoms with Crippen molar-refractivity contribution in [3.05, 3.63) is 40.9 Å². The van der Waals surface area contributed by atoms with Crippen molar-refractivity contribution in [1.29, 1.82) is 0 Å². The van der Waals surface area contributed by atoms with Crippen molar-refractivity contribution in [3.8, 4) is 5.69 Å². The standard InChI is InChI=1S/C15H17ClN4O2/c1-10-18-13(14(21)17-9-15(22)7-4-8-15)19-20(10)12-6-3-2-5-11(12)16/h2-3,5-6,22H,4,7-9H2,1H3,(H,17,21). The van der Waals surface area contributed by atoms with Crippen molar-refractivity contribution >= 4 is 17.5 Å². The minimum Gasteiger partial charge on any atom is -0.388 e. The molecule has 7 heteroatoms. The molecule has 1 fully saturated rings. The van der Waals surface area contributed by atoms with Gasteiger partial charge in [-0.25, -0.2) is 9.67 Å². The van der Waals surface area contributed by atoms with Crippen molar-refractivity contribution in [3.63, 3.8) is 0 Å². The van der Waals surface area contributed by atoms with E-state index in [0.29, 0.717) is 29.4 Å². The third kappa shape index (κ3) is 2.84. The summed E-state index contributed by atoms with van der Waals surface area (Å²) in [4.78, 5) is 16.3. The third-order valence-corrected chi connectivity index (χ3v) is 4.23. The van der Waals surface area contributed by atoms with E-state index in [1.807, 2.05) is 18.2 Å². The lowest BCUT2D eigenvalue weighted by Gasteiger charge is -2.36. The summed E-state index contributed by atoms with van der Waals surface area (Å²) < 4.78 is 1.54. The summed E-state index contributed by atoms with van der Waals surface area (Å²) in [5.41, 5.74) is -0.0958. The second kappa shape index (κ2) is 5.70. The summed E-state index contributed by atoms with van der Waals surface area (Å²) in [7, 11) is 0. The maximum atomic E-state index is 12.1. The highest BCUT2D eigenvalue weighted by molar-refractivity contribution is 6.32. The highest BCUT2D eigenvalue weighted by Gasteiger charge is 2.34. The van der Waals surface area contributed by atoms with E-state index in [1.165, 1.54) is 4.68 Å². The molecule has 0 aliphatic heterocycles. The van der Waals surface area contributed by atoms with E-state index in [0.717, 1.165) is 6.42 Å². The van der Waals surface area contributed by atoms with Gasteiger partial charge in [0.1, 0.15) is 5.82 Å². The van der Waals surface area contributed by atoms with Gasteiger partial charge < -0.3 is 10.4 Å². The molecule has 2 aromatic rings. The first-order chi connectivity index (χ1) is 10.5. The van der Waals surface area contributed by atoms with Gasteiger partial charge in [-0.05, 0) is 38.3 Å². The molecule has 0 radical (unpaired) electrons. The van der Waals surface area contributed by atoms with Crippen molar-refractivity contribution in [1.82, 2.24) is 20.1 Å². The molecular formula is C15H17ClN4O2. The van der Waals surface area contributed by atoms with Crippen LogP contribution in [-0.2, 0) is 0 Å². The lowest BCUT2D eigenvalue weighted by molar-refractivity contribution is -0.0301. The van der Waals surface area contributed by atoms with Crippen LogP contribution in [0.2, 0.25) is 5.02 Å². The van der Waals surface area contributed by atoms with Gasteiger partial charge in [-0.2, -0.15) is 0 Å². The molecule has 1 aliphatic carbocycles. The number of para-hydroxylation sites is 1. The average Bonchev–Trinajstić information content (AvgIpc) is 2.85. The number of benzene rings is 1. The summed E-state index contributed by atoms with van der Waals surface area (Å²) in [5.74, 6) is 0.246. The van der Waals surface area contributed by atoms with Crippen LogP contribution in [0.4, 0.5) is 0 Å². The SMILES string of the molecule is Cc1nc(C(=O)NCC2(O)CCC2)nn1-c1ccccc1Cl. The predicted octanol–water partition coefficient (Wildman–Crippen LogP) is 1.87. The number of carbonyl (C=O) groups is 1. The van der Waals surface area contributed by atoms with E-state index in [9.17, 15) is 9.90 Å². The van der Waals surface area contributed by atoms with Gasteiger partial charge in [0.2, 0.25) is 5.82 Å². The van der Waals surface area contributed by atoms with E-state index in [4.69, 9.17) is 11.6 Å². The maximum absolute atomic E-state index is 12.1. The van der Waals surface area contributed by atoms with Gasteiger partial charge in [-0.3, -0.25) is 4.79 Å². The Morgan fingerprint density at radius 1 is 1.45 bits per heavy atom. The number of amides is 1. The molecule has 0 spiro atoms. The van der Waals surface area contributed by atoms with Crippen LogP contribution < -0.4 is 5.32 Å². The van der Waals surface area contributed by atoms with Crippen LogP contribution >= 0.6 is 11.6 Å². The first-order valence-electron chi connectivity index (χ1n) is 7.18. The summed E-state index contributed by atoms with van der Waals surface area (Å²) in [5, 5.41) is 17.4. The molecule has 1 aromatic heterocycles. The topological polar surface area (TPSA) is 80.0 Å². The van der Waals surface area contributed by atoms with E-state index in [-0.39, 0.29) is 12.4 Å². The number of rotatable bonds is 4. The monoisotopic (exact) mass is 320 g/mol. The van der Waals surface area contributed by atoms with E-state index in [1.54, 1.807) is 13.0 Å². The van der Waals surface area contributed by atoms with Gasteiger partial charge >= 0.3 is 0 Å². The molecule has 116 valence electrons. The fourth-order valence-corrected chi connectivity index (χ4v) is 2.64. The first-order valence-corrected chi connectivity index (χ1v) is 7.55. The van der Waals surface area contributed by atoms with E-state index in [2.05, 4.69) is 15.4 Å². The average molecular weight is 321 g/mol. The summed E-state index contributed by atoms with van der Waals surface area (Å²) in [6.07, 6.45) is 2.42. The molecule has 1 heterocycles. The molecule has 0 unspecified atom stereocenters. The van der Waals surface area contributed by atoms with Crippen LogP contribution in [0.3, 0.4) is 0 Å². The summed E-state index contributed by atoms with van der Waals surface area (Å²) in [6, 6.07) is 7.23. The molecule has 1 aromatic carbocycles. The molecule has 2 N–H and O–H groups in total. The molecule has 1 aliphatic rings. The highest BCUT2D eigenvalue weighted by atomic mass is 35.5. The van der Waals surface area contributed by atoms with Crippen molar-refractivity contribution < 1.29 is 9.90 Å². The van der Waals surface area contributed by atoms with Crippen molar-refractivity contribution in [2.24, 2.45) is 0 Å². The van der Waals surface area contributed by atoms with Crippen molar-refractivity contribution in [2.75, 3.05) is 6.54 Å². The lowest BCUT2D eigenvalue weighted by Crippen LogP contribution is -2.47. The second-order valence-electron chi connectivity index (χ2n) is 5.61. The number of aromatic nitrogens is 3. The van der Waals surface area contributed by atoms with Gasteiger partial charge in [-0.1, -0.05) is 23.7 Å². The van der Waals surface area contributed by atoms with Crippen LogP contribution in [0.5, 0.6) is 0 Å². The lowest BCUT2D eigenvalue weighted by atomic mass is 9.80. The molecule has 1 amide bonds. The third-order valence-electron chi connectivity index (χ3n) is 3.91. The minimum atomic E-state index is -0.768. The van der Waals surface area contributed by atoms with E-state index >= 15 is 0 Å². The van der Waals surface area contributed by atoms with E-state index < -0.39 is 11.5 Å². The zero-order valence-corrected chi connectivity index (χ0v) is 13.0. The second-order valence-corrected chi connectivity index (χ2v) is 6.01. The fourth-order valence-electron chi connectivity index (χ4n) is 2.42. The normalized spacial score (nSPS) is 16.1. The summed E-state index contributed by atoms with van der Waals surface area (Å²) in [6.45, 7) is 1.98. The zero-order valence-electron chi connectivity index (χ0n) is 12.2. The van der Waals surface area contributed by atoms with Crippen LogP contribution in [-0.4, -0.2) is 37.9 Å². The number of halogens is 1. The molecule has 6 nitrogen and oxygen atoms in total. The smallest absolute Gasteiger partial charge is 0.291 e. The maximum Gasteiger partial charge on any atom is 0.291 e. The summed E-state index contributed by atoms with van der Waals surface area (Å²) >= 11 is 6.14. The largest absolute Gasteiger partial charge is 0.388 e. The Morgan fingerprint density at radius 3 is 2.82 bits per heavy atom. The molecule has 22 heavy (non-hydrogen) atoms. The van der Waals surface area contributed by atoms with Crippen LogP contribution in [0.1, 0.15) is 35.7 Å². The zero-order chi connectivity index (χ0) is 15.7. The van der Waals surface area contributed by atoms with Gasteiger partial charge in [0.25, 0.3) is 5.91 Å². The number of hydrogen-bond acceptors (Lipinski definition) is 4. The number of nitrogens with one attached hydrogen (secondary N) is 1. The van der Waals surface area contributed by atoms with Crippen molar-refractivity contribution in [2.45, 2.75) is 31.8 Å². The minimum absolute atomic E-state index is 0.0698. The molecular weight excluding hydrogens is 304 g/mol. The Hall–Kier alpha value is -1.92. The highest BCUT2D eigenvalue weighted by Crippen LogP contribution is 2.30. The van der Waals surface area contributed by atoms with Crippen LogP contribution in [0.25, 0.3) is 5.69 Å². The predicted molar refractivity (Wildman–Crippen MR) is 82.2 cm³/mol. The molecule has 3 rings (SSSR count). The first kappa shape index (κ1) is 15.0. The Kier molecular flexibility index (Phi) is 3.88. The van der Waals surface area contributed by atoms with Gasteiger partial charge in [0.05, 0.1) is 16.3 Å². The fraction of sp³-hybridized carbons (Fsp3) is 0.400. The number of nitrogens with zero attached hydrogens (tertiary/aromatic N) is 3.